The van der Waals surface area contributed by atoms with Gasteiger partial charge in [0.1, 0.15) is 0 Å². The van der Waals surface area contributed by atoms with Crippen molar-refractivity contribution in [2.24, 2.45) is 0 Å². The first kappa shape index (κ1) is 19.0. The number of rotatable bonds is 6. The molecule has 0 saturated heterocycles. The van der Waals surface area contributed by atoms with Crippen LogP contribution in [0, 0.1) is 0 Å². The van der Waals surface area contributed by atoms with Crippen LogP contribution in [0.4, 0.5) is 0 Å². The largest absolute Gasteiger partial charge is 0.394 e. The molecule has 1 radical (unpaired) electrons. The summed E-state index contributed by atoms with van der Waals surface area (Å²) in [5.74, 6) is 0. The van der Waals surface area contributed by atoms with Crippen molar-refractivity contribution in [3.63, 3.8) is 0 Å². The third-order valence-corrected chi connectivity index (χ3v) is 0.879. The SMILES string of the molecule is CCOCCO.CCOCCO.[Cu]. The van der Waals surface area contributed by atoms with E-state index in [2.05, 4.69) is 0 Å². The monoisotopic (exact) mass is 243 g/mol. The molecule has 2 N–H and O–H groups in total. The fraction of sp³-hybridized carbons (Fsp3) is 1.00. The fourth-order valence-electron chi connectivity index (χ4n) is 0.418. The Kier molecular flexibility index (Phi) is 33.4. The predicted octanol–water partition coefficient (Wildman–Crippen LogP) is 0.0279. The Balaban J connectivity index is -0.000000143. The van der Waals surface area contributed by atoms with Gasteiger partial charge in [0.2, 0.25) is 0 Å². The van der Waals surface area contributed by atoms with Crippen molar-refractivity contribution in [3.05, 3.63) is 0 Å². The van der Waals surface area contributed by atoms with E-state index >= 15 is 0 Å². The molecule has 87 valence electrons. The minimum atomic E-state index is 0. The fourth-order valence-corrected chi connectivity index (χ4v) is 0.418. The van der Waals surface area contributed by atoms with Gasteiger partial charge in [-0.25, -0.2) is 0 Å². The molecule has 0 spiro atoms. The van der Waals surface area contributed by atoms with E-state index in [4.69, 9.17) is 19.7 Å². The minimum absolute atomic E-state index is 0. The van der Waals surface area contributed by atoms with Crippen LogP contribution in [0.2, 0.25) is 0 Å². The normalized spacial score (nSPS) is 8.31. The molecular formula is C8H20CuO4. The maximum Gasteiger partial charge on any atom is 0.0697 e. The van der Waals surface area contributed by atoms with Crippen LogP contribution < -0.4 is 0 Å². The van der Waals surface area contributed by atoms with Gasteiger partial charge in [-0.2, -0.15) is 0 Å². The molecule has 0 bridgehead atoms. The quantitative estimate of drug-likeness (QED) is 0.511. The summed E-state index contributed by atoms with van der Waals surface area (Å²) in [6, 6.07) is 0. The maximum absolute atomic E-state index is 8.07. The second-order valence-corrected chi connectivity index (χ2v) is 1.84. The summed E-state index contributed by atoms with van der Waals surface area (Å²) in [6.07, 6.45) is 0. The number of hydrogen-bond acceptors (Lipinski definition) is 4. The molecule has 0 heterocycles. The molecule has 0 aliphatic rings. The van der Waals surface area contributed by atoms with Crippen molar-refractivity contribution < 1.29 is 36.8 Å². The molecule has 0 aliphatic heterocycles. The molecule has 0 atom stereocenters. The van der Waals surface area contributed by atoms with E-state index in [1.165, 1.54) is 0 Å². The van der Waals surface area contributed by atoms with E-state index in [9.17, 15) is 0 Å². The Morgan fingerprint density at radius 3 is 1.23 bits per heavy atom. The molecule has 13 heavy (non-hydrogen) atoms. The van der Waals surface area contributed by atoms with Gasteiger partial charge in [-0.15, -0.1) is 0 Å². The second kappa shape index (κ2) is 22.8. The second-order valence-electron chi connectivity index (χ2n) is 1.84. The zero-order valence-corrected chi connectivity index (χ0v) is 9.20. The predicted molar refractivity (Wildman–Crippen MR) is 47.2 cm³/mol. The zero-order valence-electron chi connectivity index (χ0n) is 8.26. The van der Waals surface area contributed by atoms with Crippen molar-refractivity contribution >= 4 is 0 Å². The Hall–Kier alpha value is 0.359. The summed E-state index contributed by atoms with van der Waals surface area (Å²) in [4.78, 5) is 0. The van der Waals surface area contributed by atoms with Crippen molar-refractivity contribution in [1.82, 2.24) is 0 Å². The molecular weight excluding hydrogens is 224 g/mol. The van der Waals surface area contributed by atoms with E-state index in [-0.39, 0.29) is 30.3 Å². The molecule has 0 rings (SSSR count). The van der Waals surface area contributed by atoms with Crippen LogP contribution in [0.3, 0.4) is 0 Å². The third kappa shape index (κ3) is 32.8. The number of aliphatic hydroxyl groups is 2. The van der Waals surface area contributed by atoms with Gasteiger partial charge in [0.05, 0.1) is 26.4 Å². The summed E-state index contributed by atoms with van der Waals surface area (Å²) in [5.41, 5.74) is 0. The Bertz CT molecular complexity index is 48.1. The van der Waals surface area contributed by atoms with Gasteiger partial charge in [-0.1, -0.05) is 0 Å². The molecule has 0 saturated carbocycles. The van der Waals surface area contributed by atoms with Crippen LogP contribution in [0.25, 0.3) is 0 Å². The summed E-state index contributed by atoms with van der Waals surface area (Å²) in [6.45, 7) is 6.39. The van der Waals surface area contributed by atoms with Crippen molar-refractivity contribution in [3.8, 4) is 0 Å². The smallest absolute Gasteiger partial charge is 0.0697 e. The first-order chi connectivity index (χ1) is 5.83. The Morgan fingerprint density at radius 2 is 1.15 bits per heavy atom. The molecule has 5 heteroatoms. The molecule has 4 nitrogen and oxygen atoms in total. The van der Waals surface area contributed by atoms with Gasteiger partial charge in [-0.05, 0) is 13.8 Å². The standard InChI is InChI=1S/2C4H10O2.Cu/c2*1-2-6-4-3-5;/h2*5H,2-4H2,1H3;. The summed E-state index contributed by atoms with van der Waals surface area (Å²) in [5, 5.41) is 16.1. The van der Waals surface area contributed by atoms with Gasteiger partial charge in [0, 0.05) is 30.3 Å². The van der Waals surface area contributed by atoms with Crippen LogP contribution in [-0.4, -0.2) is 49.9 Å². The van der Waals surface area contributed by atoms with Crippen LogP contribution in [0.15, 0.2) is 0 Å². The molecule has 0 aliphatic carbocycles. The zero-order chi connectivity index (χ0) is 9.66. The van der Waals surface area contributed by atoms with Crippen LogP contribution >= 0.6 is 0 Å². The maximum atomic E-state index is 8.07. The third-order valence-electron chi connectivity index (χ3n) is 0.879. The van der Waals surface area contributed by atoms with Gasteiger partial charge >= 0.3 is 0 Å². The Labute approximate surface area is 90.7 Å². The van der Waals surface area contributed by atoms with E-state index < -0.39 is 0 Å². The molecule has 0 aromatic rings. The average molecular weight is 244 g/mol. The summed E-state index contributed by atoms with van der Waals surface area (Å²) >= 11 is 0. The summed E-state index contributed by atoms with van der Waals surface area (Å²) < 4.78 is 9.47. The van der Waals surface area contributed by atoms with Gasteiger partial charge in [0.25, 0.3) is 0 Å². The average Bonchev–Trinajstić information content (AvgIpc) is 2.12. The van der Waals surface area contributed by atoms with Crippen LogP contribution in [0.1, 0.15) is 13.8 Å². The van der Waals surface area contributed by atoms with Gasteiger partial charge in [0.15, 0.2) is 0 Å². The van der Waals surface area contributed by atoms with Gasteiger partial charge < -0.3 is 19.7 Å². The van der Waals surface area contributed by atoms with E-state index in [0.29, 0.717) is 26.4 Å². The first-order valence-electron chi connectivity index (χ1n) is 4.20. The van der Waals surface area contributed by atoms with E-state index in [0.717, 1.165) is 0 Å². The van der Waals surface area contributed by atoms with E-state index in [1.54, 1.807) is 0 Å². The first-order valence-corrected chi connectivity index (χ1v) is 4.20. The van der Waals surface area contributed by atoms with Crippen molar-refractivity contribution in [2.45, 2.75) is 13.8 Å². The van der Waals surface area contributed by atoms with Crippen LogP contribution in [-0.2, 0) is 26.5 Å². The minimum Gasteiger partial charge on any atom is -0.394 e. The van der Waals surface area contributed by atoms with Crippen LogP contribution in [0.5, 0.6) is 0 Å². The number of ether oxygens (including phenoxy) is 2. The topological polar surface area (TPSA) is 58.9 Å². The molecule has 0 fully saturated rings. The number of aliphatic hydroxyl groups excluding tert-OH is 2. The molecule has 0 aromatic carbocycles. The number of hydrogen-bond donors (Lipinski definition) is 2. The molecule has 0 amide bonds. The van der Waals surface area contributed by atoms with Gasteiger partial charge in [-0.3, -0.25) is 0 Å². The molecule has 0 aromatic heterocycles. The van der Waals surface area contributed by atoms with Crippen molar-refractivity contribution in [2.75, 3.05) is 39.6 Å². The molecule has 0 unspecified atom stereocenters. The van der Waals surface area contributed by atoms with Crippen molar-refractivity contribution in [1.29, 1.82) is 0 Å². The Morgan fingerprint density at radius 1 is 0.846 bits per heavy atom. The van der Waals surface area contributed by atoms with E-state index in [1.807, 2.05) is 13.8 Å². The summed E-state index contributed by atoms with van der Waals surface area (Å²) in [7, 11) is 0.